The summed E-state index contributed by atoms with van der Waals surface area (Å²) in [5.41, 5.74) is 3.66. The van der Waals surface area contributed by atoms with Crippen molar-refractivity contribution in [3.63, 3.8) is 0 Å². The van der Waals surface area contributed by atoms with E-state index in [-0.39, 0.29) is 10.8 Å². The zero-order valence-corrected chi connectivity index (χ0v) is 17.5. The second kappa shape index (κ2) is 8.49. The van der Waals surface area contributed by atoms with Crippen LogP contribution in [-0.4, -0.2) is 20.9 Å². The van der Waals surface area contributed by atoms with Crippen LogP contribution in [0.25, 0.3) is 0 Å². The third-order valence-corrected chi connectivity index (χ3v) is 6.18. The molecule has 0 bridgehead atoms. The van der Waals surface area contributed by atoms with Crippen molar-refractivity contribution < 1.29 is 13.2 Å². The molecule has 0 spiro atoms. The maximum atomic E-state index is 12.9. The van der Waals surface area contributed by atoms with Gasteiger partial charge < -0.3 is 4.90 Å². The van der Waals surface area contributed by atoms with E-state index >= 15 is 0 Å². The molecule has 0 fully saturated rings. The number of aryl methyl sites for hydroxylation is 2. The van der Waals surface area contributed by atoms with Gasteiger partial charge in [0.15, 0.2) is 0 Å². The summed E-state index contributed by atoms with van der Waals surface area (Å²) >= 11 is 0. The Morgan fingerprint density at radius 3 is 2.14 bits per heavy atom. The monoisotopic (exact) mass is 408 g/mol. The molecule has 0 radical (unpaired) electrons. The summed E-state index contributed by atoms with van der Waals surface area (Å²) in [6, 6.07) is 20.9. The van der Waals surface area contributed by atoms with Crippen LogP contribution >= 0.6 is 0 Å². The molecule has 0 heterocycles. The van der Waals surface area contributed by atoms with Crippen molar-refractivity contribution in [3.8, 4) is 0 Å². The Morgan fingerprint density at radius 1 is 0.897 bits per heavy atom. The van der Waals surface area contributed by atoms with Gasteiger partial charge in [0.2, 0.25) is 0 Å². The largest absolute Gasteiger partial charge is 0.309 e. The van der Waals surface area contributed by atoms with Gasteiger partial charge in [0.05, 0.1) is 4.90 Å². The fourth-order valence-corrected chi connectivity index (χ4v) is 4.13. The van der Waals surface area contributed by atoms with E-state index in [1.165, 1.54) is 0 Å². The maximum absolute atomic E-state index is 12.9. The average Bonchev–Trinajstić information content (AvgIpc) is 2.71. The first-order chi connectivity index (χ1) is 13.8. The smallest absolute Gasteiger partial charge is 0.261 e. The van der Waals surface area contributed by atoms with Gasteiger partial charge in [0.25, 0.3) is 15.9 Å². The summed E-state index contributed by atoms with van der Waals surface area (Å²) in [5, 5.41) is 0. The standard InChI is InChI=1S/C23H24N2O3S/c1-4-25(21-8-6-5-7-9-21)23(26)19-11-13-20(14-12-19)24-29(27,28)22-15-10-17(2)18(3)16-22/h5-16,24H,4H2,1-3H3. The molecule has 1 N–H and O–H groups in total. The number of benzene rings is 3. The van der Waals surface area contributed by atoms with Gasteiger partial charge in [-0.15, -0.1) is 0 Å². The molecule has 29 heavy (non-hydrogen) atoms. The molecule has 0 aliphatic rings. The van der Waals surface area contributed by atoms with E-state index in [0.717, 1.165) is 16.8 Å². The zero-order chi connectivity index (χ0) is 21.0. The lowest BCUT2D eigenvalue weighted by molar-refractivity contribution is 0.0988. The van der Waals surface area contributed by atoms with Crippen LogP contribution in [0.4, 0.5) is 11.4 Å². The summed E-state index contributed by atoms with van der Waals surface area (Å²) in [7, 11) is -3.70. The number of carbonyl (C=O) groups is 1. The SMILES string of the molecule is CCN(C(=O)c1ccc(NS(=O)(=O)c2ccc(C)c(C)c2)cc1)c1ccccc1. The second-order valence-corrected chi connectivity index (χ2v) is 8.50. The molecule has 0 atom stereocenters. The molecular formula is C23H24N2O3S. The Hall–Kier alpha value is -3.12. The quantitative estimate of drug-likeness (QED) is 0.639. The minimum absolute atomic E-state index is 0.137. The van der Waals surface area contributed by atoms with Gasteiger partial charge in [-0.25, -0.2) is 8.42 Å². The van der Waals surface area contributed by atoms with Crippen molar-refractivity contribution in [2.24, 2.45) is 0 Å². The zero-order valence-electron chi connectivity index (χ0n) is 16.7. The van der Waals surface area contributed by atoms with E-state index < -0.39 is 10.0 Å². The van der Waals surface area contributed by atoms with Crippen LogP contribution in [0.3, 0.4) is 0 Å². The number of anilines is 2. The van der Waals surface area contributed by atoms with E-state index in [9.17, 15) is 13.2 Å². The molecule has 0 aliphatic carbocycles. The van der Waals surface area contributed by atoms with Crippen molar-refractivity contribution in [3.05, 3.63) is 89.5 Å². The summed E-state index contributed by atoms with van der Waals surface area (Å²) in [6.45, 7) is 6.26. The topological polar surface area (TPSA) is 66.5 Å². The van der Waals surface area contributed by atoms with Gasteiger partial charge >= 0.3 is 0 Å². The second-order valence-electron chi connectivity index (χ2n) is 6.81. The van der Waals surface area contributed by atoms with Crippen molar-refractivity contribution in [2.45, 2.75) is 25.7 Å². The minimum Gasteiger partial charge on any atom is -0.309 e. The lowest BCUT2D eigenvalue weighted by Crippen LogP contribution is -2.30. The third kappa shape index (κ3) is 4.66. The van der Waals surface area contributed by atoms with Gasteiger partial charge in [-0.1, -0.05) is 24.3 Å². The summed E-state index contributed by atoms with van der Waals surface area (Å²) in [6.07, 6.45) is 0. The number of carbonyl (C=O) groups excluding carboxylic acids is 1. The molecule has 0 saturated heterocycles. The molecular weight excluding hydrogens is 384 g/mol. The lowest BCUT2D eigenvalue weighted by Gasteiger charge is -2.21. The predicted molar refractivity (Wildman–Crippen MR) is 117 cm³/mol. The minimum atomic E-state index is -3.70. The van der Waals surface area contributed by atoms with Crippen LogP contribution in [0.1, 0.15) is 28.4 Å². The summed E-state index contributed by atoms with van der Waals surface area (Å²) in [4.78, 5) is 14.7. The van der Waals surface area contributed by atoms with Crippen molar-refractivity contribution in [1.29, 1.82) is 0 Å². The van der Waals surface area contributed by atoms with Crippen LogP contribution in [0, 0.1) is 13.8 Å². The van der Waals surface area contributed by atoms with Gasteiger partial charge in [-0.2, -0.15) is 0 Å². The number of nitrogens with zero attached hydrogens (tertiary/aromatic N) is 1. The summed E-state index contributed by atoms with van der Waals surface area (Å²) < 4.78 is 27.8. The number of sulfonamides is 1. The highest BCUT2D eigenvalue weighted by Crippen LogP contribution is 2.21. The van der Waals surface area contributed by atoms with E-state index in [2.05, 4.69) is 4.72 Å². The first-order valence-corrected chi connectivity index (χ1v) is 10.9. The normalized spacial score (nSPS) is 11.1. The van der Waals surface area contributed by atoms with E-state index in [1.54, 1.807) is 47.4 Å². The fourth-order valence-electron chi connectivity index (χ4n) is 2.98. The Bertz CT molecular complexity index is 1110. The number of para-hydroxylation sites is 1. The van der Waals surface area contributed by atoms with Gasteiger partial charge in [0, 0.05) is 23.5 Å². The van der Waals surface area contributed by atoms with Crippen LogP contribution < -0.4 is 9.62 Å². The van der Waals surface area contributed by atoms with E-state index in [1.807, 2.05) is 51.1 Å². The van der Waals surface area contributed by atoms with Crippen LogP contribution in [0.2, 0.25) is 0 Å². The van der Waals surface area contributed by atoms with Crippen LogP contribution in [0.5, 0.6) is 0 Å². The molecule has 6 heteroatoms. The van der Waals surface area contributed by atoms with Gasteiger partial charge in [-0.05, 0) is 80.4 Å². The fraction of sp³-hybridized carbons (Fsp3) is 0.174. The number of nitrogens with one attached hydrogen (secondary N) is 1. The first-order valence-electron chi connectivity index (χ1n) is 9.39. The van der Waals surface area contributed by atoms with Gasteiger partial charge in [0.1, 0.15) is 0 Å². The maximum Gasteiger partial charge on any atom is 0.261 e. The number of rotatable bonds is 6. The Balaban J connectivity index is 1.79. The molecule has 0 aromatic heterocycles. The average molecular weight is 409 g/mol. The lowest BCUT2D eigenvalue weighted by atomic mass is 10.1. The van der Waals surface area contributed by atoms with Crippen molar-refractivity contribution in [2.75, 3.05) is 16.2 Å². The molecule has 5 nitrogen and oxygen atoms in total. The number of hydrogen-bond donors (Lipinski definition) is 1. The molecule has 3 aromatic rings. The molecule has 0 unspecified atom stereocenters. The highest BCUT2D eigenvalue weighted by Gasteiger charge is 2.18. The van der Waals surface area contributed by atoms with E-state index in [0.29, 0.717) is 17.8 Å². The molecule has 0 aliphatic heterocycles. The molecule has 3 aromatic carbocycles. The van der Waals surface area contributed by atoms with Crippen LogP contribution in [0.15, 0.2) is 77.7 Å². The Morgan fingerprint density at radius 2 is 1.55 bits per heavy atom. The Labute approximate surface area is 172 Å². The highest BCUT2D eigenvalue weighted by molar-refractivity contribution is 7.92. The highest BCUT2D eigenvalue weighted by atomic mass is 32.2. The predicted octanol–water partition coefficient (Wildman–Crippen LogP) is 4.77. The number of hydrogen-bond acceptors (Lipinski definition) is 3. The van der Waals surface area contributed by atoms with Crippen molar-refractivity contribution in [1.82, 2.24) is 0 Å². The third-order valence-electron chi connectivity index (χ3n) is 4.80. The van der Waals surface area contributed by atoms with E-state index in [4.69, 9.17) is 0 Å². The van der Waals surface area contributed by atoms with Crippen molar-refractivity contribution >= 4 is 27.3 Å². The molecule has 0 saturated carbocycles. The van der Waals surface area contributed by atoms with Gasteiger partial charge in [-0.3, -0.25) is 9.52 Å². The summed E-state index contributed by atoms with van der Waals surface area (Å²) in [5.74, 6) is -0.137. The molecule has 1 amide bonds. The Kier molecular flexibility index (Phi) is 6.03. The first kappa shape index (κ1) is 20.6. The number of amides is 1. The molecule has 3 rings (SSSR count). The molecule has 150 valence electrons. The van der Waals surface area contributed by atoms with Crippen LogP contribution in [-0.2, 0) is 10.0 Å².